The molecule has 0 radical (unpaired) electrons. The average Bonchev–Trinajstić information content (AvgIpc) is 2.70. The first kappa shape index (κ1) is 19.0. The van der Waals surface area contributed by atoms with Crippen molar-refractivity contribution in [1.82, 2.24) is 4.90 Å². The van der Waals surface area contributed by atoms with Crippen LogP contribution in [0.15, 0.2) is 53.8 Å². The van der Waals surface area contributed by atoms with Crippen LogP contribution in [0.25, 0.3) is 0 Å². The molecule has 0 unspecified atom stereocenters. The highest BCUT2D eigenvalue weighted by atomic mass is 16.5. The van der Waals surface area contributed by atoms with Gasteiger partial charge in [0.15, 0.2) is 11.5 Å². The molecular weight excluding hydrogens is 346 g/mol. The molecule has 0 N–H and O–H groups in total. The third kappa shape index (κ3) is 4.01. The molecule has 1 aromatic carbocycles. The molecule has 1 saturated heterocycles. The van der Waals surface area contributed by atoms with Crippen LogP contribution >= 0.6 is 0 Å². The number of carbonyl (C=O) groups is 3. The van der Waals surface area contributed by atoms with E-state index in [1.54, 1.807) is 24.3 Å². The van der Waals surface area contributed by atoms with E-state index in [4.69, 9.17) is 9.47 Å². The van der Waals surface area contributed by atoms with Crippen molar-refractivity contribution < 1.29 is 23.9 Å². The quantitative estimate of drug-likeness (QED) is 0.585. The summed E-state index contributed by atoms with van der Waals surface area (Å²) in [6.45, 7) is 1.57. The molecule has 0 bridgehead atoms. The van der Waals surface area contributed by atoms with E-state index < -0.39 is 11.4 Å². The van der Waals surface area contributed by atoms with Gasteiger partial charge in [0.25, 0.3) is 0 Å². The number of esters is 1. The van der Waals surface area contributed by atoms with E-state index in [0.29, 0.717) is 24.0 Å². The molecule has 142 valence electrons. The van der Waals surface area contributed by atoms with Gasteiger partial charge in [-0.05, 0) is 51.2 Å². The lowest BCUT2D eigenvalue weighted by molar-refractivity contribution is -0.118. The minimum Gasteiger partial charge on any atom is -0.493 e. The maximum Gasteiger partial charge on any atom is 0.338 e. The number of allylic oxidation sites excluding steroid dienone is 2. The average molecular weight is 369 g/mol. The number of methoxy groups -OCH3 is 1. The first-order valence-corrected chi connectivity index (χ1v) is 8.92. The maximum atomic E-state index is 12.7. The van der Waals surface area contributed by atoms with Crippen molar-refractivity contribution in [2.45, 2.75) is 12.8 Å². The van der Waals surface area contributed by atoms with E-state index in [1.807, 2.05) is 13.1 Å². The van der Waals surface area contributed by atoms with E-state index in [2.05, 4.69) is 4.90 Å². The summed E-state index contributed by atoms with van der Waals surface area (Å²) < 4.78 is 10.6. The summed E-state index contributed by atoms with van der Waals surface area (Å²) in [5.41, 5.74) is 0.198. The SMILES string of the molecule is COC1=CC(=O)C(C2(COC(=O)c3ccccc3)CCN(C)CC2)=CC1=O. The zero-order valence-electron chi connectivity index (χ0n) is 15.6. The summed E-state index contributed by atoms with van der Waals surface area (Å²) in [6, 6.07) is 8.74. The number of piperidine rings is 1. The monoisotopic (exact) mass is 369 g/mol. The zero-order valence-corrected chi connectivity index (χ0v) is 15.6. The second-order valence-corrected chi connectivity index (χ2v) is 7.02. The first-order valence-electron chi connectivity index (χ1n) is 8.92. The van der Waals surface area contributed by atoms with Crippen LogP contribution < -0.4 is 0 Å². The van der Waals surface area contributed by atoms with Crippen LogP contribution in [0.4, 0.5) is 0 Å². The Morgan fingerprint density at radius 2 is 1.74 bits per heavy atom. The summed E-state index contributed by atoms with van der Waals surface area (Å²) >= 11 is 0. The molecule has 0 spiro atoms. The second kappa shape index (κ2) is 7.88. The van der Waals surface area contributed by atoms with Crippen molar-refractivity contribution in [2.75, 3.05) is 33.9 Å². The minimum atomic E-state index is -0.667. The van der Waals surface area contributed by atoms with Gasteiger partial charge in [0.2, 0.25) is 5.78 Å². The van der Waals surface area contributed by atoms with Gasteiger partial charge < -0.3 is 14.4 Å². The normalized spacial score (nSPS) is 19.9. The summed E-state index contributed by atoms with van der Waals surface area (Å²) in [5.74, 6) is -0.989. The van der Waals surface area contributed by atoms with Gasteiger partial charge in [-0.25, -0.2) is 4.79 Å². The Balaban J connectivity index is 1.84. The number of carbonyl (C=O) groups excluding carboxylic acids is 3. The van der Waals surface area contributed by atoms with Crippen LogP contribution in [-0.2, 0) is 19.1 Å². The summed E-state index contributed by atoms with van der Waals surface area (Å²) in [7, 11) is 3.37. The highest BCUT2D eigenvalue weighted by Crippen LogP contribution is 2.41. The summed E-state index contributed by atoms with van der Waals surface area (Å²) in [4.78, 5) is 39.5. The van der Waals surface area contributed by atoms with E-state index >= 15 is 0 Å². The largest absolute Gasteiger partial charge is 0.493 e. The number of likely N-dealkylation sites (tertiary alicyclic amines) is 1. The number of hydrogen-bond donors (Lipinski definition) is 0. The molecule has 6 nitrogen and oxygen atoms in total. The van der Waals surface area contributed by atoms with Crippen molar-refractivity contribution in [3.8, 4) is 0 Å². The molecule has 1 aromatic rings. The highest BCUT2D eigenvalue weighted by Gasteiger charge is 2.43. The Morgan fingerprint density at radius 3 is 2.37 bits per heavy atom. The van der Waals surface area contributed by atoms with Crippen LogP contribution in [-0.4, -0.2) is 56.3 Å². The van der Waals surface area contributed by atoms with Crippen molar-refractivity contribution in [3.63, 3.8) is 0 Å². The number of hydrogen-bond acceptors (Lipinski definition) is 6. The number of benzene rings is 1. The predicted molar refractivity (Wildman–Crippen MR) is 99.1 cm³/mol. The van der Waals surface area contributed by atoms with Gasteiger partial charge in [0.1, 0.15) is 6.61 Å². The Hall–Kier alpha value is -2.73. The van der Waals surface area contributed by atoms with Gasteiger partial charge in [-0.1, -0.05) is 18.2 Å². The minimum absolute atomic E-state index is 0.0353. The standard InChI is InChI=1S/C21H23NO5/c1-22-10-8-21(9-11-22,14-27-20(25)15-6-4-3-5-7-15)16-12-18(24)19(26-2)13-17(16)23/h3-7,12-13H,8-11,14H2,1-2H3. The van der Waals surface area contributed by atoms with Crippen LogP contribution in [0, 0.1) is 5.41 Å². The Morgan fingerprint density at radius 1 is 1.07 bits per heavy atom. The summed E-state index contributed by atoms with van der Waals surface area (Å²) in [6.07, 6.45) is 3.85. The van der Waals surface area contributed by atoms with E-state index in [1.165, 1.54) is 19.3 Å². The number of nitrogens with zero attached hydrogens (tertiary/aromatic N) is 1. The highest BCUT2D eigenvalue weighted by molar-refractivity contribution is 6.19. The molecule has 0 saturated carbocycles. The maximum absolute atomic E-state index is 12.7. The van der Waals surface area contributed by atoms with Gasteiger partial charge in [-0.15, -0.1) is 0 Å². The molecule has 2 aliphatic rings. The molecule has 0 aromatic heterocycles. The van der Waals surface area contributed by atoms with E-state index in [-0.39, 0.29) is 23.9 Å². The van der Waals surface area contributed by atoms with Gasteiger partial charge in [-0.3, -0.25) is 9.59 Å². The Kier molecular flexibility index (Phi) is 5.56. The van der Waals surface area contributed by atoms with Crippen LogP contribution in [0.5, 0.6) is 0 Å². The molecule has 27 heavy (non-hydrogen) atoms. The third-order valence-electron chi connectivity index (χ3n) is 5.27. The van der Waals surface area contributed by atoms with Crippen LogP contribution in [0.2, 0.25) is 0 Å². The number of rotatable bonds is 5. The van der Waals surface area contributed by atoms with Crippen molar-refractivity contribution in [2.24, 2.45) is 5.41 Å². The topological polar surface area (TPSA) is 72.9 Å². The molecule has 1 aliphatic carbocycles. The molecule has 1 fully saturated rings. The lowest BCUT2D eigenvalue weighted by atomic mass is 9.70. The molecule has 3 rings (SSSR count). The van der Waals surface area contributed by atoms with Crippen LogP contribution in [0.1, 0.15) is 23.2 Å². The molecule has 6 heteroatoms. The number of ether oxygens (including phenoxy) is 2. The smallest absolute Gasteiger partial charge is 0.338 e. The zero-order chi connectivity index (χ0) is 19.4. The van der Waals surface area contributed by atoms with Crippen molar-refractivity contribution in [3.05, 3.63) is 59.4 Å². The number of ketones is 2. The first-order chi connectivity index (χ1) is 12.9. The summed E-state index contributed by atoms with van der Waals surface area (Å²) in [5, 5.41) is 0. The van der Waals surface area contributed by atoms with Crippen LogP contribution in [0.3, 0.4) is 0 Å². The Labute approximate surface area is 158 Å². The van der Waals surface area contributed by atoms with Gasteiger partial charge in [0, 0.05) is 17.1 Å². The molecule has 1 aliphatic heterocycles. The van der Waals surface area contributed by atoms with Gasteiger partial charge in [-0.2, -0.15) is 0 Å². The fraction of sp³-hybridized carbons (Fsp3) is 0.381. The predicted octanol–water partition coefficient (Wildman–Crippen LogP) is 2.16. The van der Waals surface area contributed by atoms with E-state index in [9.17, 15) is 14.4 Å². The van der Waals surface area contributed by atoms with Gasteiger partial charge in [0.05, 0.1) is 12.7 Å². The van der Waals surface area contributed by atoms with Crippen molar-refractivity contribution in [1.29, 1.82) is 0 Å². The molecule has 1 heterocycles. The molecular formula is C21H23NO5. The van der Waals surface area contributed by atoms with E-state index in [0.717, 1.165) is 13.1 Å². The van der Waals surface area contributed by atoms with Crippen molar-refractivity contribution >= 4 is 17.5 Å². The lowest BCUT2D eigenvalue weighted by Crippen LogP contribution is -2.44. The Bertz CT molecular complexity index is 801. The fourth-order valence-electron chi connectivity index (χ4n) is 3.51. The fourth-order valence-corrected chi connectivity index (χ4v) is 3.51. The lowest BCUT2D eigenvalue weighted by Gasteiger charge is -2.41. The second-order valence-electron chi connectivity index (χ2n) is 7.02. The third-order valence-corrected chi connectivity index (χ3v) is 5.27. The molecule has 0 atom stereocenters. The molecule has 0 amide bonds. The van der Waals surface area contributed by atoms with Gasteiger partial charge >= 0.3 is 5.97 Å².